The molecule has 3 N–H and O–H groups in total. The van der Waals surface area contributed by atoms with Crippen LogP contribution in [0.5, 0.6) is 0 Å². The number of hydrogen-bond acceptors (Lipinski definition) is 3. The molecule has 1 fully saturated rings. The Kier molecular flexibility index (Phi) is 8.86. The van der Waals surface area contributed by atoms with E-state index in [1.165, 1.54) is 32.1 Å². The maximum atomic E-state index is 12.0. The third-order valence-corrected chi connectivity index (χ3v) is 4.36. The maximum Gasteiger partial charge on any atom is 0.236 e. The van der Waals surface area contributed by atoms with Gasteiger partial charge in [0.05, 0.1) is 6.04 Å². The van der Waals surface area contributed by atoms with Crippen molar-refractivity contribution in [3.05, 3.63) is 0 Å². The van der Waals surface area contributed by atoms with Gasteiger partial charge in [0, 0.05) is 13.1 Å². The fourth-order valence-corrected chi connectivity index (χ4v) is 3.10. The molecule has 0 saturated heterocycles. The van der Waals surface area contributed by atoms with Crippen molar-refractivity contribution < 1.29 is 4.79 Å². The van der Waals surface area contributed by atoms with Crippen molar-refractivity contribution in [3.63, 3.8) is 0 Å². The van der Waals surface area contributed by atoms with Crippen LogP contribution in [0.15, 0.2) is 0 Å². The summed E-state index contributed by atoms with van der Waals surface area (Å²) in [4.78, 5) is 14.3. The molecule has 0 bridgehead atoms. The van der Waals surface area contributed by atoms with Crippen molar-refractivity contribution >= 4 is 5.91 Å². The van der Waals surface area contributed by atoms with Gasteiger partial charge in [-0.2, -0.15) is 0 Å². The van der Waals surface area contributed by atoms with Crippen LogP contribution in [-0.4, -0.2) is 43.0 Å². The fourth-order valence-electron chi connectivity index (χ4n) is 3.10. The van der Waals surface area contributed by atoms with Crippen LogP contribution in [0.4, 0.5) is 0 Å². The van der Waals surface area contributed by atoms with Crippen LogP contribution in [0.3, 0.4) is 0 Å². The van der Waals surface area contributed by atoms with E-state index in [0.29, 0.717) is 12.5 Å². The topological polar surface area (TPSA) is 58.4 Å². The molecule has 0 aliphatic heterocycles. The lowest BCUT2D eigenvalue weighted by Gasteiger charge is -2.24. The first-order chi connectivity index (χ1) is 9.67. The van der Waals surface area contributed by atoms with Gasteiger partial charge in [0.1, 0.15) is 0 Å². The summed E-state index contributed by atoms with van der Waals surface area (Å²) in [6.45, 7) is 8.11. The van der Waals surface area contributed by atoms with Gasteiger partial charge in [-0.25, -0.2) is 0 Å². The molecule has 4 heteroatoms. The molecule has 0 aromatic rings. The summed E-state index contributed by atoms with van der Waals surface area (Å²) in [5.74, 6) is 0.694. The monoisotopic (exact) mass is 283 g/mol. The number of rotatable bonds is 9. The van der Waals surface area contributed by atoms with Crippen LogP contribution in [-0.2, 0) is 4.79 Å². The fraction of sp³-hybridized carbons (Fsp3) is 0.938. The van der Waals surface area contributed by atoms with Crippen LogP contribution in [0.1, 0.15) is 58.8 Å². The molecule has 1 atom stereocenters. The lowest BCUT2D eigenvalue weighted by Crippen LogP contribution is -2.44. The predicted molar refractivity (Wildman–Crippen MR) is 84.6 cm³/mol. The Bertz CT molecular complexity index is 264. The Morgan fingerprint density at radius 3 is 2.55 bits per heavy atom. The van der Waals surface area contributed by atoms with Crippen molar-refractivity contribution in [1.29, 1.82) is 0 Å². The van der Waals surface area contributed by atoms with E-state index in [0.717, 1.165) is 32.5 Å². The second kappa shape index (κ2) is 10.2. The summed E-state index contributed by atoms with van der Waals surface area (Å²) in [5.41, 5.74) is 6.03. The van der Waals surface area contributed by atoms with Gasteiger partial charge in [-0.3, -0.25) is 4.79 Å². The minimum absolute atomic E-state index is 0.0307. The van der Waals surface area contributed by atoms with E-state index in [-0.39, 0.29) is 11.9 Å². The molecule has 4 nitrogen and oxygen atoms in total. The minimum atomic E-state index is -0.320. The Morgan fingerprint density at radius 2 is 1.95 bits per heavy atom. The standard InChI is InChI=1S/C16H33N3O/c1-3-11-19(4-2)12-10-18-16(20)15(17)13-14-8-6-5-7-9-14/h14-15H,3-13,17H2,1-2H3,(H,18,20). The highest BCUT2D eigenvalue weighted by molar-refractivity contribution is 5.81. The first-order valence-corrected chi connectivity index (χ1v) is 8.43. The summed E-state index contributed by atoms with van der Waals surface area (Å²) >= 11 is 0. The number of nitrogens with two attached hydrogens (primary N) is 1. The number of hydrogen-bond donors (Lipinski definition) is 2. The molecule has 1 aliphatic rings. The summed E-state index contributed by atoms with van der Waals surface area (Å²) in [7, 11) is 0. The van der Waals surface area contributed by atoms with Crippen molar-refractivity contribution in [2.45, 2.75) is 64.8 Å². The number of carbonyl (C=O) groups excluding carboxylic acids is 1. The van der Waals surface area contributed by atoms with E-state index >= 15 is 0 Å². The van der Waals surface area contributed by atoms with Crippen LogP contribution >= 0.6 is 0 Å². The Labute approximate surface area is 124 Å². The zero-order valence-corrected chi connectivity index (χ0v) is 13.4. The third-order valence-electron chi connectivity index (χ3n) is 4.36. The quantitative estimate of drug-likeness (QED) is 0.681. The molecule has 0 spiro atoms. The first-order valence-electron chi connectivity index (χ1n) is 8.43. The second-order valence-electron chi connectivity index (χ2n) is 6.07. The van der Waals surface area contributed by atoms with Gasteiger partial charge < -0.3 is 16.0 Å². The summed E-state index contributed by atoms with van der Waals surface area (Å²) in [6.07, 6.45) is 8.48. The first kappa shape index (κ1) is 17.4. The zero-order chi connectivity index (χ0) is 14.8. The summed E-state index contributed by atoms with van der Waals surface area (Å²) < 4.78 is 0. The molecule has 0 radical (unpaired) electrons. The molecular formula is C16H33N3O. The van der Waals surface area contributed by atoms with Crippen LogP contribution < -0.4 is 11.1 Å². The molecule has 0 aromatic carbocycles. The molecule has 1 aliphatic carbocycles. The maximum absolute atomic E-state index is 12.0. The second-order valence-corrected chi connectivity index (χ2v) is 6.07. The summed E-state index contributed by atoms with van der Waals surface area (Å²) in [5, 5.41) is 2.99. The lowest BCUT2D eigenvalue weighted by atomic mass is 9.85. The number of carbonyl (C=O) groups is 1. The molecule has 1 amide bonds. The number of likely N-dealkylation sites (N-methyl/N-ethyl adjacent to an activating group) is 1. The van der Waals surface area contributed by atoms with Gasteiger partial charge in [-0.1, -0.05) is 46.0 Å². The smallest absolute Gasteiger partial charge is 0.236 e. The van der Waals surface area contributed by atoms with E-state index < -0.39 is 0 Å². The van der Waals surface area contributed by atoms with Gasteiger partial charge in [-0.15, -0.1) is 0 Å². The molecule has 1 unspecified atom stereocenters. The largest absolute Gasteiger partial charge is 0.353 e. The van der Waals surface area contributed by atoms with Crippen LogP contribution in [0.2, 0.25) is 0 Å². The van der Waals surface area contributed by atoms with Crippen LogP contribution in [0.25, 0.3) is 0 Å². The molecule has 0 aromatic heterocycles. The highest BCUT2D eigenvalue weighted by Crippen LogP contribution is 2.26. The van der Waals surface area contributed by atoms with Gasteiger partial charge in [0.15, 0.2) is 0 Å². The molecule has 20 heavy (non-hydrogen) atoms. The van der Waals surface area contributed by atoms with Gasteiger partial charge >= 0.3 is 0 Å². The van der Waals surface area contributed by atoms with Gasteiger partial charge in [0.25, 0.3) is 0 Å². The van der Waals surface area contributed by atoms with Crippen molar-refractivity contribution in [2.24, 2.45) is 11.7 Å². The van der Waals surface area contributed by atoms with E-state index in [4.69, 9.17) is 5.73 Å². The zero-order valence-electron chi connectivity index (χ0n) is 13.4. The molecule has 0 heterocycles. The van der Waals surface area contributed by atoms with Gasteiger partial charge in [0.2, 0.25) is 5.91 Å². The average molecular weight is 283 g/mol. The molecule has 1 rings (SSSR count). The molecule has 118 valence electrons. The molecule has 1 saturated carbocycles. The number of nitrogens with one attached hydrogen (secondary N) is 1. The Morgan fingerprint density at radius 1 is 1.25 bits per heavy atom. The Hall–Kier alpha value is -0.610. The summed E-state index contributed by atoms with van der Waals surface area (Å²) in [6, 6.07) is -0.320. The average Bonchev–Trinajstić information content (AvgIpc) is 2.47. The minimum Gasteiger partial charge on any atom is -0.353 e. The van der Waals surface area contributed by atoms with Crippen molar-refractivity contribution in [2.75, 3.05) is 26.2 Å². The van der Waals surface area contributed by atoms with E-state index in [2.05, 4.69) is 24.1 Å². The lowest BCUT2D eigenvalue weighted by molar-refractivity contribution is -0.122. The predicted octanol–water partition coefficient (Wildman–Crippen LogP) is 2.13. The third kappa shape index (κ3) is 6.71. The number of amides is 1. The van der Waals surface area contributed by atoms with Crippen molar-refractivity contribution in [1.82, 2.24) is 10.2 Å². The molecular weight excluding hydrogens is 250 g/mol. The van der Waals surface area contributed by atoms with E-state index in [9.17, 15) is 4.79 Å². The normalized spacial score (nSPS) is 18.2. The van der Waals surface area contributed by atoms with E-state index in [1.54, 1.807) is 0 Å². The highest BCUT2D eigenvalue weighted by atomic mass is 16.2. The SMILES string of the molecule is CCCN(CC)CCNC(=O)C(N)CC1CCCCC1. The van der Waals surface area contributed by atoms with Crippen LogP contribution in [0, 0.1) is 5.92 Å². The van der Waals surface area contributed by atoms with Gasteiger partial charge in [-0.05, 0) is 31.8 Å². The van der Waals surface area contributed by atoms with Crippen molar-refractivity contribution in [3.8, 4) is 0 Å². The highest BCUT2D eigenvalue weighted by Gasteiger charge is 2.20. The van der Waals surface area contributed by atoms with E-state index in [1.807, 2.05) is 0 Å². The number of nitrogens with zero attached hydrogens (tertiary/aromatic N) is 1. The Balaban J connectivity index is 2.17.